The molecule has 0 aromatic carbocycles. The van der Waals surface area contributed by atoms with Crippen molar-refractivity contribution in [3.05, 3.63) is 23.1 Å². The summed E-state index contributed by atoms with van der Waals surface area (Å²) in [7, 11) is 0. The van der Waals surface area contributed by atoms with E-state index in [2.05, 4.69) is 30.7 Å². The summed E-state index contributed by atoms with van der Waals surface area (Å²) < 4.78 is 0. The molecule has 84 valence electrons. The summed E-state index contributed by atoms with van der Waals surface area (Å²) in [5, 5.41) is 17.4. The van der Waals surface area contributed by atoms with Crippen LogP contribution in [0.2, 0.25) is 0 Å². The third kappa shape index (κ3) is 2.08. The summed E-state index contributed by atoms with van der Waals surface area (Å²) >= 11 is 0. The van der Waals surface area contributed by atoms with E-state index in [0.717, 1.165) is 17.0 Å². The molecule has 0 amide bonds. The number of nitrogens with zero attached hydrogens (tertiary/aromatic N) is 4. The lowest BCUT2D eigenvalue weighted by molar-refractivity contribution is 0.886. The molecule has 7 nitrogen and oxygen atoms in total. The lowest BCUT2D eigenvalue weighted by atomic mass is 10.3. The molecule has 2 rings (SSSR count). The lowest BCUT2D eigenvalue weighted by Gasteiger charge is -2.04. The maximum absolute atomic E-state index is 5.64. The Morgan fingerprint density at radius 2 is 2.12 bits per heavy atom. The van der Waals surface area contributed by atoms with E-state index in [1.54, 1.807) is 6.20 Å². The van der Waals surface area contributed by atoms with Gasteiger partial charge in [-0.25, -0.2) is 4.98 Å². The number of rotatable bonds is 3. The first-order valence-electron chi connectivity index (χ1n) is 4.86. The van der Waals surface area contributed by atoms with Crippen molar-refractivity contribution in [1.82, 2.24) is 25.4 Å². The summed E-state index contributed by atoms with van der Waals surface area (Å²) in [5.41, 5.74) is 8.21. The molecule has 16 heavy (non-hydrogen) atoms. The van der Waals surface area contributed by atoms with Crippen molar-refractivity contribution in [3.63, 3.8) is 0 Å². The van der Waals surface area contributed by atoms with Gasteiger partial charge in [-0.2, -0.15) is 10.2 Å². The van der Waals surface area contributed by atoms with Gasteiger partial charge in [0.05, 0.1) is 17.6 Å². The molecule has 2 aromatic rings. The zero-order valence-corrected chi connectivity index (χ0v) is 9.15. The summed E-state index contributed by atoms with van der Waals surface area (Å²) in [6.45, 7) is 4.28. The Balaban J connectivity index is 2.05. The number of aromatic nitrogens is 5. The van der Waals surface area contributed by atoms with Gasteiger partial charge in [-0.05, 0) is 13.8 Å². The third-order valence-electron chi connectivity index (χ3n) is 2.28. The minimum absolute atomic E-state index is 0.490. The van der Waals surface area contributed by atoms with Gasteiger partial charge in [-0.15, -0.1) is 5.10 Å². The van der Waals surface area contributed by atoms with Crippen LogP contribution in [0.5, 0.6) is 0 Å². The molecule has 0 aliphatic heterocycles. The minimum Gasteiger partial charge on any atom is -0.384 e. The number of aryl methyl sites for hydroxylation is 2. The molecule has 2 aromatic heterocycles. The second-order valence-electron chi connectivity index (χ2n) is 3.47. The first-order chi connectivity index (χ1) is 7.66. The molecule has 0 radical (unpaired) electrons. The molecule has 4 N–H and O–H groups in total. The Morgan fingerprint density at radius 3 is 2.75 bits per heavy atom. The molecule has 0 fully saturated rings. The van der Waals surface area contributed by atoms with Crippen LogP contribution in [0.1, 0.15) is 17.0 Å². The van der Waals surface area contributed by atoms with Crippen molar-refractivity contribution in [1.29, 1.82) is 0 Å². The number of nitrogens with two attached hydrogens (primary N) is 1. The number of hydrogen-bond donors (Lipinski definition) is 3. The van der Waals surface area contributed by atoms with Crippen molar-refractivity contribution in [2.75, 3.05) is 11.1 Å². The van der Waals surface area contributed by atoms with E-state index < -0.39 is 0 Å². The van der Waals surface area contributed by atoms with Crippen LogP contribution in [0.4, 0.5) is 11.8 Å². The van der Waals surface area contributed by atoms with Crippen LogP contribution in [-0.2, 0) is 6.54 Å². The molecule has 2 heterocycles. The van der Waals surface area contributed by atoms with Crippen molar-refractivity contribution in [2.45, 2.75) is 20.4 Å². The molecule has 0 saturated carbocycles. The highest BCUT2D eigenvalue weighted by molar-refractivity contribution is 5.39. The lowest BCUT2D eigenvalue weighted by Crippen LogP contribution is -2.07. The van der Waals surface area contributed by atoms with E-state index in [1.165, 1.54) is 0 Å². The van der Waals surface area contributed by atoms with Crippen LogP contribution in [0, 0.1) is 13.8 Å². The van der Waals surface area contributed by atoms with Gasteiger partial charge in [0.2, 0.25) is 5.95 Å². The molecule has 0 atom stereocenters. The third-order valence-corrected chi connectivity index (χ3v) is 2.28. The Bertz CT molecular complexity index is 490. The van der Waals surface area contributed by atoms with Crippen LogP contribution < -0.4 is 11.1 Å². The summed E-state index contributed by atoms with van der Waals surface area (Å²) in [6.07, 6.45) is 1.66. The van der Waals surface area contributed by atoms with Gasteiger partial charge in [-0.3, -0.25) is 5.10 Å². The molecule has 0 saturated heterocycles. The zero-order valence-electron chi connectivity index (χ0n) is 9.15. The van der Waals surface area contributed by atoms with Crippen LogP contribution in [0.3, 0.4) is 0 Å². The van der Waals surface area contributed by atoms with Crippen LogP contribution in [0.25, 0.3) is 0 Å². The standard InChI is InChI=1S/C9H13N7/c1-5-6(2)14-16-9(13-5)11-3-7-4-12-15-8(7)10/h4H,3H2,1-2H3,(H3,10,12,15)(H,11,13,16). The van der Waals surface area contributed by atoms with Gasteiger partial charge in [0.15, 0.2) is 0 Å². The van der Waals surface area contributed by atoms with Gasteiger partial charge in [0, 0.05) is 12.1 Å². The Hall–Kier alpha value is -2.18. The highest BCUT2D eigenvalue weighted by Gasteiger charge is 2.04. The molecule has 7 heteroatoms. The fraction of sp³-hybridized carbons (Fsp3) is 0.333. The van der Waals surface area contributed by atoms with Crippen molar-refractivity contribution in [2.24, 2.45) is 0 Å². The first kappa shape index (κ1) is 10.3. The predicted octanol–water partition coefficient (Wildman–Crippen LogP) is 0.406. The SMILES string of the molecule is Cc1nnc(NCc2cn[nH]c2N)nc1C. The Morgan fingerprint density at radius 1 is 1.31 bits per heavy atom. The van der Waals surface area contributed by atoms with Gasteiger partial charge >= 0.3 is 0 Å². The van der Waals surface area contributed by atoms with Gasteiger partial charge in [-0.1, -0.05) is 0 Å². The monoisotopic (exact) mass is 219 g/mol. The van der Waals surface area contributed by atoms with Crippen LogP contribution >= 0.6 is 0 Å². The van der Waals surface area contributed by atoms with E-state index >= 15 is 0 Å². The maximum atomic E-state index is 5.64. The number of nitrogens with one attached hydrogen (secondary N) is 2. The fourth-order valence-electron chi connectivity index (χ4n) is 1.17. The predicted molar refractivity (Wildman–Crippen MR) is 59.6 cm³/mol. The highest BCUT2D eigenvalue weighted by Crippen LogP contribution is 2.08. The number of aromatic amines is 1. The van der Waals surface area contributed by atoms with Gasteiger partial charge < -0.3 is 11.1 Å². The zero-order chi connectivity index (χ0) is 11.5. The average molecular weight is 219 g/mol. The summed E-state index contributed by atoms with van der Waals surface area (Å²) in [4.78, 5) is 4.25. The van der Waals surface area contributed by atoms with Crippen molar-refractivity contribution in [3.8, 4) is 0 Å². The second kappa shape index (κ2) is 4.13. The number of nitrogen functional groups attached to an aromatic ring is 1. The molecule has 0 aliphatic carbocycles. The number of H-pyrrole nitrogens is 1. The Kier molecular flexibility index (Phi) is 2.67. The van der Waals surface area contributed by atoms with Crippen LogP contribution in [0.15, 0.2) is 6.20 Å². The topological polar surface area (TPSA) is 105 Å². The van der Waals surface area contributed by atoms with E-state index in [9.17, 15) is 0 Å². The molecular formula is C9H13N7. The van der Waals surface area contributed by atoms with Gasteiger partial charge in [0.1, 0.15) is 5.82 Å². The molecule has 0 aliphatic rings. The van der Waals surface area contributed by atoms with E-state index in [4.69, 9.17) is 5.73 Å². The van der Waals surface area contributed by atoms with E-state index in [1.807, 2.05) is 13.8 Å². The maximum Gasteiger partial charge on any atom is 0.243 e. The quantitative estimate of drug-likeness (QED) is 0.690. The molecule has 0 unspecified atom stereocenters. The number of anilines is 2. The Labute approximate surface area is 92.5 Å². The van der Waals surface area contributed by atoms with Crippen molar-refractivity contribution < 1.29 is 0 Å². The van der Waals surface area contributed by atoms with Crippen molar-refractivity contribution >= 4 is 11.8 Å². The first-order valence-corrected chi connectivity index (χ1v) is 4.86. The van der Waals surface area contributed by atoms with E-state index in [0.29, 0.717) is 18.3 Å². The average Bonchev–Trinajstić information content (AvgIpc) is 2.66. The normalized spacial score (nSPS) is 10.4. The molecular weight excluding hydrogens is 206 g/mol. The second-order valence-corrected chi connectivity index (χ2v) is 3.47. The van der Waals surface area contributed by atoms with Crippen LogP contribution in [-0.4, -0.2) is 25.4 Å². The largest absolute Gasteiger partial charge is 0.384 e. The van der Waals surface area contributed by atoms with E-state index in [-0.39, 0.29) is 0 Å². The molecule has 0 bridgehead atoms. The fourth-order valence-corrected chi connectivity index (χ4v) is 1.17. The van der Waals surface area contributed by atoms with Gasteiger partial charge in [0.25, 0.3) is 0 Å². The summed E-state index contributed by atoms with van der Waals surface area (Å²) in [5.74, 6) is 1.04. The smallest absolute Gasteiger partial charge is 0.243 e. The highest BCUT2D eigenvalue weighted by atomic mass is 15.2. The molecule has 0 spiro atoms. The minimum atomic E-state index is 0.490. The number of hydrogen-bond acceptors (Lipinski definition) is 6. The summed E-state index contributed by atoms with van der Waals surface area (Å²) in [6, 6.07) is 0.